The Morgan fingerprint density at radius 1 is 1.38 bits per heavy atom. The van der Waals surface area contributed by atoms with E-state index in [1.165, 1.54) is 18.2 Å². The molecule has 1 aliphatic rings. The number of sulfone groups is 1. The molecule has 0 amide bonds. The zero-order valence-electron chi connectivity index (χ0n) is 8.17. The van der Waals surface area contributed by atoms with E-state index in [9.17, 15) is 13.2 Å². The average molecular weight is 239 g/mol. The molecule has 1 heterocycles. The summed E-state index contributed by atoms with van der Waals surface area (Å²) < 4.78 is 23.3. The molecule has 0 radical (unpaired) electrons. The van der Waals surface area contributed by atoms with E-state index in [4.69, 9.17) is 10.8 Å². The minimum atomic E-state index is -3.53. The summed E-state index contributed by atoms with van der Waals surface area (Å²) in [6, 6.07) is 4.16. The van der Waals surface area contributed by atoms with Gasteiger partial charge in [0.05, 0.1) is 10.5 Å². The van der Waals surface area contributed by atoms with Crippen LogP contribution in [-0.2, 0) is 9.84 Å². The van der Waals surface area contributed by atoms with Crippen LogP contribution in [0.1, 0.15) is 15.9 Å². The number of nitrogens with two attached hydrogens (primary N) is 1. The van der Waals surface area contributed by atoms with E-state index in [-0.39, 0.29) is 22.6 Å². The van der Waals surface area contributed by atoms with Gasteiger partial charge >= 0.3 is 5.97 Å². The van der Waals surface area contributed by atoms with Gasteiger partial charge in [0, 0.05) is 17.5 Å². The predicted octanol–water partition coefficient (Wildman–Crippen LogP) is 0.472. The van der Waals surface area contributed by atoms with Crippen molar-refractivity contribution in [2.45, 2.75) is 4.90 Å². The maximum Gasteiger partial charge on any atom is 0.336 e. The molecular weight excluding hydrogens is 230 g/mol. The summed E-state index contributed by atoms with van der Waals surface area (Å²) >= 11 is 0. The van der Waals surface area contributed by atoms with Crippen molar-refractivity contribution in [2.75, 3.05) is 6.54 Å². The van der Waals surface area contributed by atoms with Crippen LogP contribution in [0.2, 0.25) is 0 Å². The highest BCUT2D eigenvalue weighted by molar-refractivity contribution is 7.95. The summed E-state index contributed by atoms with van der Waals surface area (Å²) in [6.07, 6.45) is 0. The first kappa shape index (κ1) is 10.8. The summed E-state index contributed by atoms with van der Waals surface area (Å²) in [7, 11) is -3.53. The highest BCUT2D eigenvalue weighted by atomic mass is 32.2. The molecule has 0 saturated carbocycles. The fourth-order valence-electron chi connectivity index (χ4n) is 1.74. The summed E-state index contributed by atoms with van der Waals surface area (Å²) in [5.74, 6) is -1.16. The summed E-state index contributed by atoms with van der Waals surface area (Å²) in [5, 5.41) is 10.0. The normalized spacial score (nSPS) is 16.7. The van der Waals surface area contributed by atoms with Crippen LogP contribution in [-0.4, -0.2) is 26.0 Å². The van der Waals surface area contributed by atoms with Gasteiger partial charge in [-0.3, -0.25) is 0 Å². The van der Waals surface area contributed by atoms with Crippen LogP contribution in [0.3, 0.4) is 0 Å². The molecule has 2 rings (SSSR count). The van der Waals surface area contributed by atoms with E-state index in [2.05, 4.69) is 0 Å². The van der Waals surface area contributed by atoms with Gasteiger partial charge in [-0.05, 0) is 17.7 Å². The van der Waals surface area contributed by atoms with Crippen LogP contribution in [0.25, 0.3) is 5.57 Å². The van der Waals surface area contributed by atoms with Gasteiger partial charge in [-0.2, -0.15) is 0 Å². The van der Waals surface area contributed by atoms with Gasteiger partial charge in [-0.15, -0.1) is 0 Å². The Balaban J connectivity index is 2.83. The maximum absolute atomic E-state index is 11.7. The van der Waals surface area contributed by atoms with E-state index < -0.39 is 15.8 Å². The zero-order chi connectivity index (χ0) is 11.9. The first-order valence-corrected chi connectivity index (χ1v) is 6.04. The lowest BCUT2D eigenvalue weighted by Gasteiger charge is -2.05. The van der Waals surface area contributed by atoms with Crippen molar-refractivity contribution < 1.29 is 18.3 Å². The average Bonchev–Trinajstić information content (AvgIpc) is 2.50. The molecule has 0 unspecified atom stereocenters. The van der Waals surface area contributed by atoms with E-state index in [1.807, 2.05) is 0 Å². The lowest BCUT2D eigenvalue weighted by molar-refractivity contribution is 0.0696. The number of carboxylic acids is 1. The third kappa shape index (κ3) is 1.43. The molecule has 0 spiro atoms. The Morgan fingerprint density at radius 2 is 2.06 bits per heavy atom. The van der Waals surface area contributed by atoms with Crippen LogP contribution >= 0.6 is 0 Å². The fraction of sp³-hybridized carbons (Fsp3) is 0.100. The first-order valence-electron chi connectivity index (χ1n) is 4.50. The van der Waals surface area contributed by atoms with Crippen molar-refractivity contribution in [3.8, 4) is 0 Å². The molecule has 0 fully saturated rings. The number of hydrogen-bond donors (Lipinski definition) is 2. The SMILES string of the molecule is NCC1=CS(=O)(=O)c2cccc(C(=O)O)c21. The molecule has 1 aromatic rings. The second-order valence-electron chi connectivity index (χ2n) is 3.38. The molecule has 0 aliphatic carbocycles. The Labute approximate surface area is 92.1 Å². The lowest BCUT2D eigenvalue weighted by atomic mass is 10.0. The Morgan fingerprint density at radius 3 is 2.62 bits per heavy atom. The molecule has 0 aromatic heterocycles. The Hall–Kier alpha value is -1.66. The summed E-state index contributed by atoms with van der Waals surface area (Å²) in [6.45, 7) is -0.00345. The lowest BCUT2D eigenvalue weighted by Crippen LogP contribution is -2.07. The maximum atomic E-state index is 11.7. The van der Waals surface area contributed by atoms with Gasteiger partial charge in [0.15, 0.2) is 0 Å². The van der Waals surface area contributed by atoms with Crippen LogP contribution < -0.4 is 5.73 Å². The molecule has 1 aromatic carbocycles. The molecule has 6 heteroatoms. The van der Waals surface area contributed by atoms with Crippen LogP contribution in [0.15, 0.2) is 28.5 Å². The smallest absolute Gasteiger partial charge is 0.336 e. The number of rotatable bonds is 2. The van der Waals surface area contributed by atoms with Crippen LogP contribution in [0, 0.1) is 0 Å². The minimum absolute atomic E-state index is 0.00345. The first-order chi connectivity index (χ1) is 7.47. The molecule has 5 nitrogen and oxygen atoms in total. The highest BCUT2D eigenvalue weighted by Crippen LogP contribution is 2.35. The van der Waals surface area contributed by atoms with Gasteiger partial charge in [0.1, 0.15) is 0 Å². The Kier molecular flexibility index (Phi) is 2.32. The van der Waals surface area contributed by atoms with E-state index in [1.54, 1.807) is 0 Å². The minimum Gasteiger partial charge on any atom is -0.478 e. The zero-order valence-corrected chi connectivity index (χ0v) is 8.99. The molecular formula is C10H9NO4S. The van der Waals surface area contributed by atoms with E-state index >= 15 is 0 Å². The van der Waals surface area contributed by atoms with Crippen molar-refractivity contribution in [1.82, 2.24) is 0 Å². The van der Waals surface area contributed by atoms with Gasteiger partial charge in [0.2, 0.25) is 9.84 Å². The van der Waals surface area contributed by atoms with Crippen molar-refractivity contribution in [3.05, 3.63) is 34.7 Å². The van der Waals surface area contributed by atoms with Gasteiger partial charge < -0.3 is 10.8 Å². The van der Waals surface area contributed by atoms with E-state index in [0.29, 0.717) is 5.57 Å². The number of fused-ring (bicyclic) bond motifs is 1. The molecule has 3 N–H and O–H groups in total. The largest absolute Gasteiger partial charge is 0.478 e. The third-order valence-electron chi connectivity index (χ3n) is 2.40. The topological polar surface area (TPSA) is 97.5 Å². The molecule has 16 heavy (non-hydrogen) atoms. The monoisotopic (exact) mass is 239 g/mol. The standard InChI is InChI=1S/C10H9NO4S/c11-4-6-5-16(14,15)8-3-1-2-7(9(6)8)10(12)13/h1-3,5H,4,11H2,(H,12,13). The third-order valence-corrected chi connectivity index (χ3v) is 3.95. The van der Waals surface area contributed by atoms with Crippen molar-refractivity contribution in [2.24, 2.45) is 5.73 Å². The molecule has 0 atom stereocenters. The molecule has 0 bridgehead atoms. The molecule has 1 aliphatic heterocycles. The highest BCUT2D eigenvalue weighted by Gasteiger charge is 2.29. The van der Waals surface area contributed by atoms with Gasteiger partial charge in [-0.1, -0.05) is 6.07 Å². The second kappa shape index (κ2) is 3.43. The number of carboxylic acid groups (broad SMARTS) is 1. The van der Waals surface area contributed by atoms with E-state index in [0.717, 1.165) is 5.41 Å². The van der Waals surface area contributed by atoms with Crippen molar-refractivity contribution in [1.29, 1.82) is 0 Å². The number of benzene rings is 1. The van der Waals surface area contributed by atoms with Crippen LogP contribution in [0.5, 0.6) is 0 Å². The predicted molar refractivity (Wildman–Crippen MR) is 57.6 cm³/mol. The summed E-state index contributed by atoms with van der Waals surface area (Å²) in [5.41, 5.74) is 5.94. The van der Waals surface area contributed by atoms with Crippen molar-refractivity contribution >= 4 is 21.4 Å². The van der Waals surface area contributed by atoms with Crippen LogP contribution in [0.4, 0.5) is 0 Å². The second-order valence-corrected chi connectivity index (χ2v) is 5.14. The Bertz CT molecular complexity index is 601. The number of carbonyl (C=O) groups is 1. The molecule has 0 saturated heterocycles. The summed E-state index contributed by atoms with van der Waals surface area (Å²) in [4.78, 5) is 11.0. The number of aromatic carboxylic acids is 1. The van der Waals surface area contributed by atoms with Gasteiger partial charge in [0.25, 0.3) is 0 Å². The quantitative estimate of drug-likeness (QED) is 0.781. The molecule has 84 valence electrons. The number of hydrogen-bond acceptors (Lipinski definition) is 4. The van der Waals surface area contributed by atoms with Gasteiger partial charge in [-0.25, -0.2) is 13.2 Å². The van der Waals surface area contributed by atoms with Crippen molar-refractivity contribution in [3.63, 3.8) is 0 Å². The fourth-order valence-corrected chi connectivity index (χ4v) is 3.25.